The molecule has 4 nitrogen and oxygen atoms in total. The van der Waals surface area contributed by atoms with Crippen molar-refractivity contribution in [2.24, 2.45) is 0 Å². The Morgan fingerprint density at radius 3 is 2.73 bits per heavy atom. The molecule has 0 unspecified atom stereocenters. The lowest BCUT2D eigenvalue weighted by Crippen LogP contribution is -2.31. The zero-order chi connectivity index (χ0) is 15.6. The Bertz CT molecular complexity index is 644. The number of aromatic nitrogens is 2. The second-order valence-electron chi connectivity index (χ2n) is 6.10. The van der Waals surface area contributed by atoms with E-state index in [0.29, 0.717) is 6.54 Å². The number of hydrogen-bond acceptors (Lipinski definition) is 4. The van der Waals surface area contributed by atoms with Crippen molar-refractivity contribution in [1.29, 1.82) is 0 Å². The Kier molecular flexibility index (Phi) is 4.12. The summed E-state index contributed by atoms with van der Waals surface area (Å²) in [6.45, 7) is 5.53. The van der Waals surface area contributed by atoms with Gasteiger partial charge < -0.3 is 10.0 Å². The van der Waals surface area contributed by atoms with Crippen LogP contribution in [0.5, 0.6) is 0 Å². The molecule has 1 saturated heterocycles. The Hall–Kier alpha value is -1.94. The summed E-state index contributed by atoms with van der Waals surface area (Å²) >= 11 is 0. The molecule has 1 atom stereocenters. The number of β-amino-alcohol motifs (C(OH)–C–C–N with tert-alkyl or cyclic N) is 1. The molecule has 1 aliphatic rings. The van der Waals surface area contributed by atoms with Gasteiger partial charge >= 0.3 is 0 Å². The molecule has 22 heavy (non-hydrogen) atoms. The molecule has 1 aromatic carbocycles. The average molecular weight is 297 g/mol. The highest BCUT2D eigenvalue weighted by atomic mass is 16.3. The summed E-state index contributed by atoms with van der Waals surface area (Å²) < 4.78 is 0. The van der Waals surface area contributed by atoms with Gasteiger partial charge in [-0.3, -0.25) is 0 Å². The molecule has 0 spiro atoms. The van der Waals surface area contributed by atoms with Gasteiger partial charge in [0.1, 0.15) is 17.2 Å². The van der Waals surface area contributed by atoms with Crippen molar-refractivity contribution in [1.82, 2.24) is 9.97 Å². The summed E-state index contributed by atoms with van der Waals surface area (Å²) in [5, 5.41) is 11.0. The van der Waals surface area contributed by atoms with E-state index in [4.69, 9.17) is 0 Å². The van der Waals surface area contributed by atoms with E-state index in [0.717, 1.165) is 48.7 Å². The van der Waals surface area contributed by atoms with Crippen molar-refractivity contribution >= 4 is 5.82 Å². The lowest BCUT2D eigenvalue weighted by atomic mass is 9.93. The van der Waals surface area contributed by atoms with Crippen molar-refractivity contribution < 1.29 is 5.11 Å². The Morgan fingerprint density at radius 2 is 2.00 bits per heavy atom. The fourth-order valence-electron chi connectivity index (χ4n) is 3.08. The van der Waals surface area contributed by atoms with Gasteiger partial charge in [-0.1, -0.05) is 37.3 Å². The van der Waals surface area contributed by atoms with E-state index in [2.05, 4.69) is 21.8 Å². The quantitative estimate of drug-likeness (QED) is 0.943. The SMILES string of the molecule is CCCc1nc(C)cc(N2CC[C@@](O)(c3ccccc3)C2)n1. The van der Waals surface area contributed by atoms with Crippen LogP contribution in [0.2, 0.25) is 0 Å². The zero-order valence-electron chi connectivity index (χ0n) is 13.3. The predicted octanol–water partition coefficient (Wildman–Crippen LogP) is 2.84. The molecule has 2 aromatic rings. The van der Waals surface area contributed by atoms with Crippen LogP contribution in [0.15, 0.2) is 36.4 Å². The number of hydrogen-bond donors (Lipinski definition) is 1. The monoisotopic (exact) mass is 297 g/mol. The number of rotatable bonds is 4. The van der Waals surface area contributed by atoms with Crippen LogP contribution in [-0.2, 0) is 12.0 Å². The molecule has 116 valence electrons. The van der Waals surface area contributed by atoms with Crippen LogP contribution >= 0.6 is 0 Å². The number of aliphatic hydroxyl groups is 1. The number of aryl methyl sites for hydroxylation is 2. The summed E-state index contributed by atoms with van der Waals surface area (Å²) in [7, 11) is 0. The molecule has 2 heterocycles. The summed E-state index contributed by atoms with van der Waals surface area (Å²) in [5.74, 6) is 1.83. The van der Waals surface area contributed by atoms with Crippen molar-refractivity contribution in [3.63, 3.8) is 0 Å². The first-order valence-corrected chi connectivity index (χ1v) is 7.98. The highest BCUT2D eigenvalue weighted by Gasteiger charge is 2.38. The highest BCUT2D eigenvalue weighted by Crippen LogP contribution is 2.34. The first-order chi connectivity index (χ1) is 10.6. The third-order valence-electron chi connectivity index (χ3n) is 4.24. The van der Waals surface area contributed by atoms with Crippen LogP contribution < -0.4 is 4.90 Å². The summed E-state index contributed by atoms with van der Waals surface area (Å²) in [5.41, 5.74) is 1.19. The highest BCUT2D eigenvalue weighted by molar-refractivity contribution is 5.43. The van der Waals surface area contributed by atoms with Crippen molar-refractivity contribution in [3.8, 4) is 0 Å². The van der Waals surface area contributed by atoms with E-state index in [1.165, 1.54) is 0 Å². The van der Waals surface area contributed by atoms with Gasteiger partial charge in [-0.2, -0.15) is 0 Å². The number of benzene rings is 1. The van der Waals surface area contributed by atoms with E-state index in [1.807, 2.05) is 43.3 Å². The third kappa shape index (κ3) is 2.97. The van der Waals surface area contributed by atoms with Crippen molar-refractivity contribution in [2.45, 2.75) is 38.7 Å². The lowest BCUT2D eigenvalue weighted by molar-refractivity contribution is 0.0606. The molecule has 0 bridgehead atoms. The largest absolute Gasteiger partial charge is 0.383 e. The maximum atomic E-state index is 11.0. The Labute approximate surface area is 131 Å². The fourth-order valence-corrected chi connectivity index (χ4v) is 3.08. The number of nitrogens with zero attached hydrogens (tertiary/aromatic N) is 3. The molecular formula is C18H23N3O. The topological polar surface area (TPSA) is 49.2 Å². The molecule has 1 N–H and O–H groups in total. The van der Waals surface area contributed by atoms with Crippen LogP contribution in [0.4, 0.5) is 5.82 Å². The normalized spacial score (nSPS) is 21.3. The summed E-state index contributed by atoms with van der Waals surface area (Å²) in [6, 6.07) is 11.9. The molecule has 1 fully saturated rings. The van der Waals surface area contributed by atoms with Gasteiger partial charge in [0.15, 0.2) is 0 Å². The lowest BCUT2D eigenvalue weighted by Gasteiger charge is -2.24. The van der Waals surface area contributed by atoms with Gasteiger partial charge in [0.25, 0.3) is 0 Å². The average Bonchev–Trinajstić information content (AvgIpc) is 2.92. The number of anilines is 1. The van der Waals surface area contributed by atoms with Crippen LogP contribution in [0.25, 0.3) is 0 Å². The van der Waals surface area contributed by atoms with Crippen molar-refractivity contribution in [2.75, 3.05) is 18.0 Å². The summed E-state index contributed by atoms with van der Waals surface area (Å²) in [4.78, 5) is 11.3. The van der Waals surface area contributed by atoms with Gasteiger partial charge in [0, 0.05) is 24.7 Å². The first kappa shape index (κ1) is 15.0. The zero-order valence-corrected chi connectivity index (χ0v) is 13.3. The summed E-state index contributed by atoms with van der Waals surface area (Å²) in [6.07, 6.45) is 2.66. The predicted molar refractivity (Wildman–Crippen MR) is 87.9 cm³/mol. The van der Waals surface area contributed by atoms with Gasteiger partial charge in [0.2, 0.25) is 0 Å². The first-order valence-electron chi connectivity index (χ1n) is 7.98. The van der Waals surface area contributed by atoms with E-state index in [9.17, 15) is 5.11 Å². The Balaban J connectivity index is 1.83. The molecular weight excluding hydrogens is 274 g/mol. The third-order valence-corrected chi connectivity index (χ3v) is 4.24. The smallest absolute Gasteiger partial charge is 0.132 e. The second-order valence-corrected chi connectivity index (χ2v) is 6.10. The second kappa shape index (κ2) is 6.05. The van der Waals surface area contributed by atoms with Crippen LogP contribution in [-0.4, -0.2) is 28.2 Å². The molecule has 3 rings (SSSR count). The molecule has 0 aliphatic carbocycles. The van der Waals surface area contributed by atoms with E-state index >= 15 is 0 Å². The molecule has 1 aliphatic heterocycles. The minimum Gasteiger partial charge on any atom is -0.383 e. The van der Waals surface area contributed by atoms with E-state index in [-0.39, 0.29) is 0 Å². The van der Waals surface area contributed by atoms with E-state index < -0.39 is 5.60 Å². The van der Waals surface area contributed by atoms with Gasteiger partial charge in [-0.15, -0.1) is 0 Å². The van der Waals surface area contributed by atoms with Crippen LogP contribution in [0, 0.1) is 6.92 Å². The van der Waals surface area contributed by atoms with Gasteiger partial charge in [-0.25, -0.2) is 9.97 Å². The molecule has 0 amide bonds. The molecule has 1 aromatic heterocycles. The van der Waals surface area contributed by atoms with Crippen molar-refractivity contribution in [3.05, 3.63) is 53.5 Å². The van der Waals surface area contributed by atoms with Gasteiger partial charge in [-0.05, 0) is 25.3 Å². The molecule has 0 radical (unpaired) electrons. The maximum absolute atomic E-state index is 11.0. The minimum absolute atomic E-state index is 0.582. The van der Waals surface area contributed by atoms with Crippen LogP contribution in [0.3, 0.4) is 0 Å². The Morgan fingerprint density at radius 1 is 1.23 bits per heavy atom. The minimum atomic E-state index is -0.787. The standard InChI is InChI=1S/C18H23N3O/c1-3-7-16-19-14(2)12-17(20-16)21-11-10-18(22,13-21)15-8-5-4-6-9-15/h4-6,8-9,12,22H,3,7,10-11,13H2,1-2H3/t18-/m0/s1. The maximum Gasteiger partial charge on any atom is 0.132 e. The molecule has 4 heteroatoms. The fraction of sp³-hybridized carbons (Fsp3) is 0.444. The van der Waals surface area contributed by atoms with E-state index in [1.54, 1.807) is 0 Å². The van der Waals surface area contributed by atoms with Crippen LogP contribution in [0.1, 0.15) is 36.8 Å². The van der Waals surface area contributed by atoms with Gasteiger partial charge in [0.05, 0.1) is 6.54 Å². The molecule has 0 saturated carbocycles.